The van der Waals surface area contributed by atoms with Gasteiger partial charge in [-0.3, -0.25) is 0 Å². The molecule has 1 atom stereocenters. The molecule has 0 radical (unpaired) electrons. The van der Waals surface area contributed by atoms with Crippen molar-refractivity contribution >= 4 is 0 Å². The molecule has 0 fully saturated rings. The van der Waals surface area contributed by atoms with E-state index in [2.05, 4.69) is 6.07 Å². The van der Waals surface area contributed by atoms with Crippen LogP contribution in [0.1, 0.15) is 22.7 Å². The molecule has 13 heavy (non-hydrogen) atoms. The van der Waals surface area contributed by atoms with Crippen molar-refractivity contribution in [1.29, 1.82) is 5.26 Å². The van der Waals surface area contributed by atoms with Gasteiger partial charge >= 0.3 is 0 Å². The van der Waals surface area contributed by atoms with Crippen molar-refractivity contribution in [3.63, 3.8) is 0 Å². The number of aliphatic hydroxyl groups excluding tert-OH is 1. The Morgan fingerprint density at radius 2 is 2.31 bits per heavy atom. The van der Waals surface area contributed by atoms with E-state index in [1.54, 1.807) is 12.1 Å². The molecule has 0 saturated heterocycles. The highest BCUT2D eigenvalue weighted by Crippen LogP contribution is 2.16. The lowest BCUT2D eigenvalue weighted by molar-refractivity contribution is 0.268. The Bertz CT molecular complexity index is 341. The fraction of sp³-hybridized carbons (Fsp3) is 0.300. The number of aryl methyl sites for hydroxylation is 1. The monoisotopic (exact) mass is 176 g/mol. The number of hydrogen-bond acceptors (Lipinski definition) is 3. The van der Waals surface area contributed by atoms with E-state index in [1.807, 2.05) is 13.0 Å². The van der Waals surface area contributed by atoms with E-state index in [-0.39, 0.29) is 6.61 Å². The molecule has 0 amide bonds. The molecular formula is C10H12N2O. The summed E-state index contributed by atoms with van der Waals surface area (Å²) in [5.74, 6) is 0. The Hall–Kier alpha value is -1.37. The molecular weight excluding hydrogens is 164 g/mol. The van der Waals surface area contributed by atoms with Gasteiger partial charge in [0.1, 0.15) is 0 Å². The molecule has 0 spiro atoms. The highest BCUT2D eigenvalue weighted by Gasteiger charge is 2.09. The van der Waals surface area contributed by atoms with Crippen LogP contribution in [0.2, 0.25) is 0 Å². The zero-order valence-electron chi connectivity index (χ0n) is 7.49. The standard InChI is InChI=1S/C10H12N2O/c1-7-2-3-9(10(12)6-13)8(4-7)5-11/h2-4,10,13H,6,12H2,1H3/t10-/m0/s1. The minimum atomic E-state index is -0.463. The van der Waals surface area contributed by atoms with Crippen molar-refractivity contribution in [3.05, 3.63) is 34.9 Å². The van der Waals surface area contributed by atoms with Crippen LogP contribution in [-0.2, 0) is 0 Å². The number of aliphatic hydroxyl groups is 1. The molecule has 0 aliphatic heterocycles. The third-order valence-electron chi connectivity index (χ3n) is 1.93. The topological polar surface area (TPSA) is 70.0 Å². The largest absolute Gasteiger partial charge is 0.394 e. The molecule has 1 aromatic rings. The molecule has 3 N–H and O–H groups in total. The summed E-state index contributed by atoms with van der Waals surface area (Å²) in [4.78, 5) is 0. The molecule has 0 saturated carbocycles. The van der Waals surface area contributed by atoms with Crippen molar-refractivity contribution in [3.8, 4) is 6.07 Å². The zero-order chi connectivity index (χ0) is 9.84. The highest BCUT2D eigenvalue weighted by molar-refractivity contribution is 5.42. The zero-order valence-corrected chi connectivity index (χ0v) is 7.49. The normalized spacial score (nSPS) is 12.2. The van der Waals surface area contributed by atoms with Gasteiger partial charge in [0.15, 0.2) is 0 Å². The van der Waals surface area contributed by atoms with E-state index in [4.69, 9.17) is 16.1 Å². The third kappa shape index (κ3) is 2.05. The fourth-order valence-electron chi connectivity index (χ4n) is 1.19. The second kappa shape index (κ2) is 4.04. The summed E-state index contributed by atoms with van der Waals surface area (Å²) >= 11 is 0. The Kier molecular flexibility index (Phi) is 3.02. The molecule has 1 rings (SSSR count). The van der Waals surface area contributed by atoms with E-state index >= 15 is 0 Å². The van der Waals surface area contributed by atoms with E-state index in [1.165, 1.54) is 0 Å². The lowest BCUT2D eigenvalue weighted by Crippen LogP contribution is -2.15. The number of nitriles is 1. The first-order valence-electron chi connectivity index (χ1n) is 4.06. The smallest absolute Gasteiger partial charge is 0.0995 e. The summed E-state index contributed by atoms with van der Waals surface area (Å²) in [5.41, 5.74) is 7.89. The van der Waals surface area contributed by atoms with Crippen molar-refractivity contribution in [2.45, 2.75) is 13.0 Å². The summed E-state index contributed by atoms with van der Waals surface area (Å²) in [6.45, 7) is 1.77. The van der Waals surface area contributed by atoms with Gasteiger partial charge in [-0.15, -0.1) is 0 Å². The number of rotatable bonds is 2. The van der Waals surface area contributed by atoms with Gasteiger partial charge in [-0.25, -0.2) is 0 Å². The number of benzene rings is 1. The first-order valence-corrected chi connectivity index (χ1v) is 4.06. The van der Waals surface area contributed by atoms with Gasteiger partial charge in [0.05, 0.1) is 24.3 Å². The van der Waals surface area contributed by atoms with Crippen molar-refractivity contribution in [2.75, 3.05) is 6.61 Å². The Morgan fingerprint density at radius 3 is 2.85 bits per heavy atom. The van der Waals surface area contributed by atoms with E-state index in [0.29, 0.717) is 11.1 Å². The number of nitrogens with two attached hydrogens (primary N) is 1. The molecule has 3 nitrogen and oxygen atoms in total. The number of nitrogens with zero attached hydrogens (tertiary/aromatic N) is 1. The first-order chi connectivity index (χ1) is 6.19. The van der Waals surface area contributed by atoms with Crippen molar-refractivity contribution in [1.82, 2.24) is 0 Å². The molecule has 0 aliphatic carbocycles. The molecule has 0 bridgehead atoms. The summed E-state index contributed by atoms with van der Waals surface area (Å²) in [7, 11) is 0. The SMILES string of the molecule is Cc1ccc([C@@H](N)CO)c(C#N)c1. The van der Waals surface area contributed by atoms with Crippen LogP contribution in [0.15, 0.2) is 18.2 Å². The average Bonchev–Trinajstić information content (AvgIpc) is 2.16. The Balaban J connectivity index is 3.15. The van der Waals surface area contributed by atoms with Crippen LogP contribution < -0.4 is 5.73 Å². The van der Waals surface area contributed by atoms with Crippen molar-refractivity contribution < 1.29 is 5.11 Å². The van der Waals surface area contributed by atoms with Crippen LogP contribution in [0, 0.1) is 18.3 Å². The second-order valence-electron chi connectivity index (χ2n) is 2.99. The molecule has 0 unspecified atom stereocenters. The predicted octanol–water partition coefficient (Wildman–Crippen LogP) is 0.859. The highest BCUT2D eigenvalue weighted by atomic mass is 16.3. The van der Waals surface area contributed by atoms with Gasteiger partial charge in [0.2, 0.25) is 0 Å². The van der Waals surface area contributed by atoms with Gasteiger partial charge in [-0.1, -0.05) is 12.1 Å². The van der Waals surface area contributed by atoms with Crippen LogP contribution in [0.25, 0.3) is 0 Å². The van der Waals surface area contributed by atoms with Crippen LogP contribution in [-0.4, -0.2) is 11.7 Å². The lowest BCUT2D eigenvalue weighted by Gasteiger charge is -2.10. The summed E-state index contributed by atoms with van der Waals surface area (Å²) in [6.07, 6.45) is 0. The lowest BCUT2D eigenvalue weighted by atomic mass is 10.00. The molecule has 1 aromatic carbocycles. The maximum absolute atomic E-state index is 8.84. The van der Waals surface area contributed by atoms with Gasteiger partial charge in [-0.2, -0.15) is 5.26 Å². The van der Waals surface area contributed by atoms with E-state index < -0.39 is 6.04 Å². The molecule has 3 heteroatoms. The minimum absolute atomic E-state index is 0.141. The first kappa shape index (κ1) is 9.72. The van der Waals surface area contributed by atoms with E-state index in [9.17, 15) is 0 Å². The van der Waals surface area contributed by atoms with Crippen LogP contribution >= 0.6 is 0 Å². The summed E-state index contributed by atoms with van der Waals surface area (Å²) in [6, 6.07) is 7.03. The van der Waals surface area contributed by atoms with Gasteiger partial charge < -0.3 is 10.8 Å². The summed E-state index contributed by atoms with van der Waals surface area (Å²) < 4.78 is 0. The van der Waals surface area contributed by atoms with Crippen LogP contribution in [0.5, 0.6) is 0 Å². The van der Waals surface area contributed by atoms with E-state index in [0.717, 1.165) is 5.56 Å². The predicted molar refractivity (Wildman–Crippen MR) is 49.9 cm³/mol. The second-order valence-corrected chi connectivity index (χ2v) is 2.99. The Morgan fingerprint density at radius 1 is 1.62 bits per heavy atom. The van der Waals surface area contributed by atoms with Crippen LogP contribution in [0.4, 0.5) is 0 Å². The molecule has 68 valence electrons. The minimum Gasteiger partial charge on any atom is -0.394 e. The fourth-order valence-corrected chi connectivity index (χ4v) is 1.19. The van der Waals surface area contributed by atoms with Gasteiger partial charge in [0, 0.05) is 0 Å². The maximum atomic E-state index is 8.84. The molecule has 0 heterocycles. The summed E-state index contributed by atoms with van der Waals surface area (Å²) in [5, 5.41) is 17.6. The van der Waals surface area contributed by atoms with Crippen LogP contribution in [0.3, 0.4) is 0 Å². The third-order valence-corrected chi connectivity index (χ3v) is 1.93. The maximum Gasteiger partial charge on any atom is 0.0995 e. The number of hydrogen-bond donors (Lipinski definition) is 2. The average molecular weight is 176 g/mol. The Labute approximate surface area is 77.4 Å². The quantitative estimate of drug-likeness (QED) is 0.702. The van der Waals surface area contributed by atoms with Gasteiger partial charge in [-0.05, 0) is 24.1 Å². The van der Waals surface area contributed by atoms with Crippen molar-refractivity contribution in [2.24, 2.45) is 5.73 Å². The van der Waals surface area contributed by atoms with Gasteiger partial charge in [0.25, 0.3) is 0 Å². The molecule has 0 aliphatic rings. The molecule has 0 aromatic heterocycles.